The Morgan fingerprint density at radius 3 is 2.17 bits per heavy atom. The molecule has 0 aliphatic heterocycles. The number of carbonyl (C=O) groups excluding carboxylic acids is 1. The van der Waals surface area contributed by atoms with Crippen LogP contribution in [0, 0.1) is 0 Å². The maximum absolute atomic E-state index is 16.2. The Bertz CT molecular complexity index is 1400. The molecule has 4 aromatic rings. The molecule has 0 aliphatic carbocycles. The van der Waals surface area contributed by atoms with Crippen LogP contribution in [-0.4, -0.2) is 17.6 Å². The zero-order valence-electron chi connectivity index (χ0n) is 18.8. The Morgan fingerprint density at radius 1 is 0.917 bits per heavy atom. The van der Waals surface area contributed by atoms with E-state index in [1.54, 1.807) is 36.4 Å². The highest BCUT2D eigenvalue weighted by Crippen LogP contribution is 2.45. The fraction of sp³-hybridized carbons (Fsp3) is 0.185. The molecule has 186 valence electrons. The molecule has 1 aromatic heterocycles. The minimum atomic E-state index is -5.29. The Morgan fingerprint density at radius 2 is 1.56 bits per heavy atom. The Balaban J connectivity index is 2.12. The Labute approximate surface area is 202 Å². The largest absolute Gasteiger partial charge is 0.462 e. The summed E-state index contributed by atoms with van der Waals surface area (Å²) >= 11 is 0. The second kappa shape index (κ2) is 10.0. The number of carbonyl (C=O) groups is 1. The predicted molar refractivity (Wildman–Crippen MR) is 122 cm³/mol. The van der Waals surface area contributed by atoms with Gasteiger partial charge in [-0.3, -0.25) is 0 Å². The van der Waals surface area contributed by atoms with Crippen LogP contribution in [0.25, 0.3) is 21.9 Å². The summed E-state index contributed by atoms with van der Waals surface area (Å²) < 4.78 is 91.5. The van der Waals surface area contributed by atoms with Gasteiger partial charge >= 0.3 is 12.1 Å². The van der Waals surface area contributed by atoms with Crippen molar-refractivity contribution in [2.45, 2.75) is 25.7 Å². The lowest BCUT2D eigenvalue weighted by atomic mass is 9.87. The zero-order valence-corrected chi connectivity index (χ0v) is 18.8. The summed E-state index contributed by atoms with van der Waals surface area (Å²) in [4.78, 5) is 15.9. The molecule has 0 bridgehead atoms. The fourth-order valence-corrected chi connectivity index (χ4v) is 4.08. The number of fused-ring (bicyclic) bond motifs is 1. The van der Waals surface area contributed by atoms with E-state index < -0.39 is 52.8 Å². The van der Waals surface area contributed by atoms with Crippen LogP contribution in [0.2, 0.25) is 0 Å². The van der Waals surface area contributed by atoms with Crippen LogP contribution in [0.1, 0.15) is 52.4 Å². The molecular formula is C27H19F6NO2. The number of hydrogen-bond acceptors (Lipinski definition) is 3. The van der Waals surface area contributed by atoms with Crippen molar-refractivity contribution in [3.8, 4) is 11.1 Å². The lowest BCUT2D eigenvalue weighted by molar-refractivity contribution is -0.142. The first-order chi connectivity index (χ1) is 17.1. The van der Waals surface area contributed by atoms with Gasteiger partial charge in [0.2, 0.25) is 0 Å². The van der Waals surface area contributed by atoms with Gasteiger partial charge in [0.15, 0.2) is 11.9 Å². The van der Waals surface area contributed by atoms with Gasteiger partial charge in [-0.2, -0.15) is 13.2 Å². The minimum Gasteiger partial charge on any atom is -0.462 e. The number of hydrogen-bond donors (Lipinski definition) is 0. The van der Waals surface area contributed by atoms with Crippen molar-refractivity contribution >= 4 is 16.7 Å². The monoisotopic (exact) mass is 503 g/mol. The third kappa shape index (κ3) is 4.78. The number of esters is 1. The summed E-state index contributed by atoms with van der Waals surface area (Å²) in [6.07, 6.45) is -11.2. The molecule has 1 unspecified atom stereocenters. The first kappa shape index (κ1) is 25.2. The molecule has 0 saturated carbocycles. The standard InChI is InChI=1S/C27H19F6NO2/c1-2-36-26(35)21-19(16-9-4-3-5-10-16)20(23(25(29)30)34-24(21)27(31,32)33)22(28)18-13-12-15-8-6-7-11-17(15)14-18/h3-14,22,25H,2H2,1H3. The molecule has 1 atom stereocenters. The van der Waals surface area contributed by atoms with Gasteiger partial charge in [0.25, 0.3) is 6.43 Å². The molecule has 9 heteroatoms. The number of alkyl halides is 6. The summed E-state index contributed by atoms with van der Waals surface area (Å²) in [7, 11) is 0. The van der Waals surface area contributed by atoms with Gasteiger partial charge in [-0.25, -0.2) is 22.9 Å². The van der Waals surface area contributed by atoms with Crippen molar-refractivity contribution in [1.82, 2.24) is 4.98 Å². The Hall–Kier alpha value is -3.88. The molecule has 0 aliphatic rings. The lowest BCUT2D eigenvalue weighted by Crippen LogP contribution is -2.22. The number of benzene rings is 3. The average Bonchev–Trinajstić information content (AvgIpc) is 2.86. The van der Waals surface area contributed by atoms with Crippen LogP contribution in [0.3, 0.4) is 0 Å². The van der Waals surface area contributed by atoms with E-state index in [2.05, 4.69) is 4.98 Å². The van der Waals surface area contributed by atoms with E-state index in [4.69, 9.17) is 4.74 Å². The van der Waals surface area contributed by atoms with Gasteiger partial charge in [0.05, 0.1) is 12.2 Å². The highest BCUT2D eigenvalue weighted by molar-refractivity contribution is 6.00. The molecule has 0 radical (unpaired) electrons. The van der Waals surface area contributed by atoms with Gasteiger partial charge in [0, 0.05) is 11.1 Å². The molecule has 1 heterocycles. The van der Waals surface area contributed by atoms with E-state index in [9.17, 15) is 26.7 Å². The van der Waals surface area contributed by atoms with Gasteiger partial charge in [-0.15, -0.1) is 0 Å². The maximum atomic E-state index is 16.2. The number of nitrogens with zero attached hydrogens (tertiary/aromatic N) is 1. The Kier molecular flexibility index (Phi) is 7.01. The first-order valence-corrected chi connectivity index (χ1v) is 10.9. The highest BCUT2D eigenvalue weighted by atomic mass is 19.4. The lowest BCUT2D eigenvalue weighted by Gasteiger charge is -2.24. The van der Waals surface area contributed by atoms with Crippen molar-refractivity contribution in [3.63, 3.8) is 0 Å². The van der Waals surface area contributed by atoms with Crippen molar-refractivity contribution < 1.29 is 35.9 Å². The van der Waals surface area contributed by atoms with Crippen LogP contribution >= 0.6 is 0 Å². The predicted octanol–water partition coefficient (Wildman–Crippen LogP) is 8.09. The second-order valence-corrected chi connectivity index (χ2v) is 7.86. The van der Waals surface area contributed by atoms with Crippen LogP contribution in [0.5, 0.6) is 0 Å². The van der Waals surface area contributed by atoms with Crippen molar-refractivity contribution in [2.75, 3.05) is 6.61 Å². The molecule has 3 aromatic carbocycles. The fourth-order valence-electron chi connectivity index (χ4n) is 4.08. The summed E-state index contributed by atoms with van der Waals surface area (Å²) in [5.74, 6) is -1.44. The molecule has 0 amide bonds. The van der Waals surface area contributed by atoms with E-state index in [1.807, 2.05) is 0 Å². The third-order valence-corrected chi connectivity index (χ3v) is 5.60. The van der Waals surface area contributed by atoms with E-state index in [0.29, 0.717) is 5.39 Å². The van der Waals surface area contributed by atoms with E-state index in [-0.39, 0.29) is 17.7 Å². The minimum absolute atomic E-state index is 0.0613. The van der Waals surface area contributed by atoms with Crippen molar-refractivity contribution in [2.24, 2.45) is 0 Å². The zero-order chi connectivity index (χ0) is 26.0. The van der Waals surface area contributed by atoms with E-state index in [1.165, 1.54) is 43.3 Å². The normalized spacial score (nSPS) is 12.7. The molecule has 0 saturated heterocycles. The van der Waals surface area contributed by atoms with E-state index >= 15 is 4.39 Å². The SMILES string of the molecule is CCOC(=O)c1c(C(F)(F)F)nc(C(F)F)c(C(F)c2ccc3ccccc3c2)c1-c1ccccc1. The van der Waals surface area contributed by atoms with Crippen molar-refractivity contribution in [1.29, 1.82) is 0 Å². The number of aromatic nitrogens is 1. The summed E-state index contributed by atoms with van der Waals surface area (Å²) in [5, 5.41) is 1.35. The maximum Gasteiger partial charge on any atom is 0.434 e. The topological polar surface area (TPSA) is 39.2 Å². The van der Waals surface area contributed by atoms with Gasteiger partial charge in [-0.05, 0) is 34.9 Å². The van der Waals surface area contributed by atoms with Crippen molar-refractivity contribution in [3.05, 3.63) is 101 Å². The van der Waals surface area contributed by atoms with Crippen LogP contribution in [0.15, 0.2) is 72.8 Å². The van der Waals surface area contributed by atoms with Gasteiger partial charge in [0.1, 0.15) is 5.69 Å². The van der Waals surface area contributed by atoms with E-state index in [0.717, 1.165) is 5.39 Å². The van der Waals surface area contributed by atoms with Crippen LogP contribution < -0.4 is 0 Å². The summed E-state index contributed by atoms with van der Waals surface area (Å²) in [6.45, 7) is 1.09. The summed E-state index contributed by atoms with van der Waals surface area (Å²) in [5.41, 5.74) is -5.95. The van der Waals surface area contributed by atoms with Gasteiger partial charge in [-0.1, -0.05) is 66.7 Å². The molecule has 4 rings (SSSR count). The first-order valence-electron chi connectivity index (χ1n) is 10.9. The highest BCUT2D eigenvalue weighted by Gasteiger charge is 2.43. The average molecular weight is 503 g/mol. The number of ether oxygens (including phenoxy) is 1. The summed E-state index contributed by atoms with van der Waals surface area (Å²) in [6, 6.07) is 18.3. The second-order valence-electron chi connectivity index (χ2n) is 7.86. The van der Waals surface area contributed by atoms with Gasteiger partial charge < -0.3 is 4.74 Å². The smallest absolute Gasteiger partial charge is 0.434 e. The molecule has 36 heavy (non-hydrogen) atoms. The quantitative estimate of drug-likeness (QED) is 0.197. The molecule has 0 N–H and O–H groups in total. The number of rotatable bonds is 6. The molecule has 3 nitrogen and oxygen atoms in total. The van der Waals surface area contributed by atoms with Crippen LogP contribution in [0.4, 0.5) is 26.3 Å². The number of pyridine rings is 1. The number of halogens is 6. The molecule has 0 spiro atoms. The van der Waals surface area contributed by atoms with Crippen LogP contribution in [-0.2, 0) is 10.9 Å². The molecular weight excluding hydrogens is 484 g/mol. The third-order valence-electron chi connectivity index (χ3n) is 5.60. The molecule has 0 fully saturated rings.